The lowest BCUT2D eigenvalue weighted by Crippen LogP contribution is -2.02. The highest BCUT2D eigenvalue weighted by Crippen LogP contribution is 2.16. The number of ether oxygens (including phenoxy) is 2. The van der Waals surface area contributed by atoms with E-state index in [0.717, 1.165) is 11.5 Å². The summed E-state index contributed by atoms with van der Waals surface area (Å²) in [7, 11) is 3.51. The van der Waals surface area contributed by atoms with Crippen LogP contribution in [0, 0.1) is 0 Å². The van der Waals surface area contributed by atoms with E-state index in [1.54, 1.807) is 14.2 Å². The van der Waals surface area contributed by atoms with Crippen LogP contribution in [0.4, 0.5) is 0 Å². The van der Waals surface area contributed by atoms with Gasteiger partial charge in [0, 0.05) is 0 Å². The van der Waals surface area contributed by atoms with E-state index >= 15 is 0 Å². The molecule has 0 atom stereocenters. The summed E-state index contributed by atoms with van der Waals surface area (Å²) in [6.07, 6.45) is 0. The third kappa shape index (κ3) is 3.21. The highest BCUT2D eigenvalue weighted by atomic mass is 31.1. The first-order chi connectivity index (χ1) is 8.31. The van der Waals surface area contributed by atoms with Crippen molar-refractivity contribution in [2.45, 2.75) is 0 Å². The zero-order valence-corrected chi connectivity index (χ0v) is 11.2. The van der Waals surface area contributed by atoms with Crippen molar-refractivity contribution in [2.24, 2.45) is 0 Å². The van der Waals surface area contributed by atoms with Gasteiger partial charge in [-0.3, -0.25) is 0 Å². The van der Waals surface area contributed by atoms with E-state index < -0.39 is 0 Å². The zero-order chi connectivity index (χ0) is 12.1. The standard InChI is InChI=1S/C14H15O2P/c1-15-11-3-7-13(8-4-11)17-14-9-5-12(16-2)6-10-14/h3-10,17H,1-2H3/p+1. The topological polar surface area (TPSA) is 18.5 Å². The van der Waals surface area contributed by atoms with E-state index in [2.05, 4.69) is 24.3 Å². The van der Waals surface area contributed by atoms with Gasteiger partial charge in [-0.05, 0) is 48.5 Å². The minimum atomic E-state index is 0.134. The molecule has 0 N–H and O–H groups in total. The maximum atomic E-state index is 5.14. The Bertz CT molecular complexity index is 417. The van der Waals surface area contributed by atoms with Crippen LogP contribution in [0.2, 0.25) is 0 Å². The van der Waals surface area contributed by atoms with Gasteiger partial charge in [0.05, 0.1) is 33.4 Å². The van der Waals surface area contributed by atoms with Gasteiger partial charge in [0.15, 0.2) is 0 Å². The first-order valence-corrected chi connectivity index (χ1v) is 6.60. The molecule has 0 heterocycles. The Hall–Kier alpha value is -1.53. The molecule has 0 fully saturated rings. The minimum Gasteiger partial charge on any atom is -0.497 e. The lowest BCUT2D eigenvalue weighted by Gasteiger charge is -2.00. The van der Waals surface area contributed by atoms with E-state index in [1.807, 2.05) is 24.3 Å². The number of benzene rings is 2. The normalized spacial score (nSPS) is 10.0. The molecule has 0 aromatic heterocycles. The molecule has 0 saturated carbocycles. The van der Waals surface area contributed by atoms with E-state index in [-0.39, 0.29) is 8.58 Å². The molecule has 0 aliphatic carbocycles. The van der Waals surface area contributed by atoms with Gasteiger partial charge in [-0.25, -0.2) is 0 Å². The molecule has 0 aliphatic heterocycles. The van der Waals surface area contributed by atoms with Crippen LogP contribution in [0.1, 0.15) is 0 Å². The summed E-state index contributed by atoms with van der Waals surface area (Å²) in [6.45, 7) is 0. The van der Waals surface area contributed by atoms with E-state index in [9.17, 15) is 0 Å². The molecular formula is C14H16O2P+. The summed E-state index contributed by atoms with van der Waals surface area (Å²) >= 11 is 0. The minimum absolute atomic E-state index is 0.134. The van der Waals surface area contributed by atoms with Gasteiger partial charge in [-0.15, -0.1) is 0 Å². The van der Waals surface area contributed by atoms with Gasteiger partial charge in [-0.1, -0.05) is 0 Å². The van der Waals surface area contributed by atoms with E-state index in [1.165, 1.54) is 10.6 Å². The molecule has 3 heteroatoms. The second-order valence-electron chi connectivity index (χ2n) is 3.69. The molecule has 0 unspecified atom stereocenters. The SMILES string of the molecule is COc1ccc([PH2+]c2ccc(OC)cc2)cc1. The van der Waals surface area contributed by atoms with Crippen molar-refractivity contribution in [1.82, 2.24) is 0 Å². The molecule has 0 saturated heterocycles. The second kappa shape index (κ2) is 5.70. The molecule has 0 radical (unpaired) electrons. The highest BCUT2D eigenvalue weighted by Gasteiger charge is 2.04. The average molecular weight is 247 g/mol. The van der Waals surface area contributed by atoms with Crippen LogP contribution in [0.5, 0.6) is 11.5 Å². The van der Waals surface area contributed by atoms with Crippen molar-refractivity contribution in [3.05, 3.63) is 48.5 Å². The van der Waals surface area contributed by atoms with Crippen molar-refractivity contribution in [3.8, 4) is 11.5 Å². The van der Waals surface area contributed by atoms with Crippen molar-refractivity contribution >= 4 is 19.2 Å². The summed E-state index contributed by atoms with van der Waals surface area (Å²) in [5.41, 5.74) is 0. The molecule has 17 heavy (non-hydrogen) atoms. The molecule has 0 bridgehead atoms. The Morgan fingerprint density at radius 3 is 1.29 bits per heavy atom. The Labute approximate surface area is 103 Å². The lowest BCUT2D eigenvalue weighted by atomic mass is 10.3. The third-order valence-electron chi connectivity index (χ3n) is 2.56. The van der Waals surface area contributed by atoms with E-state index in [0.29, 0.717) is 0 Å². The fraction of sp³-hybridized carbons (Fsp3) is 0.143. The molecule has 2 nitrogen and oxygen atoms in total. The van der Waals surface area contributed by atoms with Crippen LogP contribution in [-0.4, -0.2) is 14.2 Å². The summed E-state index contributed by atoms with van der Waals surface area (Å²) in [5.74, 6) is 1.81. The fourth-order valence-electron chi connectivity index (χ4n) is 1.59. The van der Waals surface area contributed by atoms with Crippen LogP contribution in [0.3, 0.4) is 0 Å². The average Bonchev–Trinajstić information content (AvgIpc) is 2.40. The van der Waals surface area contributed by atoms with Gasteiger partial charge >= 0.3 is 0 Å². The molecule has 0 aliphatic rings. The molecule has 2 aromatic rings. The molecular weight excluding hydrogens is 231 g/mol. The van der Waals surface area contributed by atoms with Crippen LogP contribution in [0.25, 0.3) is 0 Å². The number of methoxy groups -OCH3 is 2. The van der Waals surface area contributed by atoms with Crippen molar-refractivity contribution < 1.29 is 9.47 Å². The number of hydrogen-bond acceptors (Lipinski definition) is 2. The van der Waals surface area contributed by atoms with Gasteiger partial charge in [0.2, 0.25) is 0 Å². The Morgan fingerprint density at radius 2 is 1.00 bits per heavy atom. The smallest absolute Gasteiger partial charge is 0.119 e. The van der Waals surface area contributed by atoms with Gasteiger partial charge in [0.25, 0.3) is 0 Å². The summed E-state index contributed by atoms with van der Waals surface area (Å²) in [6, 6.07) is 16.5. The quantitative estimate of drug-likeness (QED) is 0.770. The molecule has 0 spiro atoms. The van der Waals surface area contributed by atoms with Crippen LogP contribution < -0.4 is 20.1 Å². The van der Waals surface area contributed by atoms with Crippen LogP contribution in [0.15, 0.2) is 48.5 Å². The number of rotatable bonds is 4. The first-order valence-electron chi connectivity index (χ1n) is 5.44. The van der Waals surface area contributed by atoms with Crippen molar-refractivity contribution in [3.63, 3.8) is 0 Å². The second-order valence-corrected chi connectivity index (χ2v) is 5.31. The lowest BCUT2D eigenvalue weighted by molar-refractivity contribution is 0.415. The molecule has 2 rings (SSSR count). The summed E-state index contributed by atoms with van der Waals surface area (Å²) < 4.78 is 10.3. The maximum absolute atomic E-state index is 5.14. The Kier molecular flexibility index (Phi) is 4.00. The van der Waals surface area contributed by atoms with Crippen LogP contribution >= 0.6 is 8.58 Å². The summed E-state index contributed by atoms with van der Waals surface area (Å²) in [5, 5.41) is 2.71. The first kappa shape index (κ1) is 11.9. The van der Waals surface area contributed by atoms with Gasteiger partial charge in [-0.2, -0.15) is 0 Å². The fourth-order valence-corrected chi connectivity index (χ4v) is 2.75. The van der Waals surface area contributed by atoms with Crippen molar-refractivity contribution in [2.75, 3.05) is 14.2 Å². The predicted octanol–water partition coefficient (Wildman–Crippen LogP) is 2.07. The molecule has 2 aromatic carbocycles. The molecule has 0 amide bonds. The maximum Gasteiger partial charge on any atom is 0.119 e. The Morgan fingerprint density at radius 1 is 0.647 bits per heavy atom. The highest BCUT2D eigenvalue weighted by molar-refractivity contribution is 7.55. The number of hydrogen-bond donors (Lipinski definition) is 0. The van der Waals surface area contributed by atoms with E-state index in [4.69, 9.17) is 9.47 Å². The van der Waals surface area contributed by atoms with Gasteiger partial charge in [0.1, 0.15) is 11.5 Å². The monoisotopic (exact) mass is 247 g/mol. The van der Waals surface area contributed by atoms with Crippen molar-refractivity contribution in [1.29, 1.82) is 0 Å². The Balaban J connectivity index is 2.08. The van der Waals surface area contributed by atoms with Crippen LogP contribution in [-0.2, 0) is 0 Å². The zero-order valence-electron chi connectivity index (χ0n) is 10.0. The molecule has 88 valence electrons. The largest absolute Gasteiger partial charge is 0.497 e. The third-order valence-corrected chi connectivity index (χ3v) is 4.00. The van der Waals surface area contributed by atoms with Gasteiger partial charge < -0.3 is 9.47 Å². The summed E-state index contributed by atoms with van der Waals surface area (Å²) in [4.78, 5) is 0. The predicted molar refractivity (Wildman–Crippen MR) is 75.0 cm³/mol.